The normalized spacial score (nSPS) is 10.5. The van der Waals surface area contributed by atoms with Crippen molar-refractivity contribution in [3.8, 4) is 0 Å². The van der Waals surface area contributed by atoms with E-state index in [9.17, 15) is 0 Å². The van der Waals surface area contributed by atoms with Crippen LogP contribution in [0.25, 0.3) is 11.1 Å². The highest BCUT2D eigenvalue weighted by molar-refractivity contribution is 6.34. The van der Waals surface area contributed by atoms with Crippen LogP contribution in [-0.2, 0) is 0 Å². The van der Waals surface area contributed by atoms with Crippen molar-refractivity contribution in [2.75, 3.05) is 0 Å². The van der Waals surface area contributed by atoms with Crippen LogP contribution < -0.4 is 0 Å². The van der Waals surface area contributed by atoms with Crippen LogP contribution in [0, 0.1) is 0 Å². The summed E-state index contributed by atoms with van der Waals surface area (Å²) < 4.78 is 4.75. The Bertz CT molecular complexity index is 357. The van der Waals surface area contributed by atoms with Crippen LogP contribution in [0.2, 0.25) is 5.02 Å². The Morgan fingerprint density at radius 3 is 3.10 bits per heavy atom. The molecular weight excluding hydrogens is 152 g/mol. The quantitative estimate of drug-likeness (QED) is 0.582. The number of hydrogen-bond donors (Lipinski definition) is 0. The number of rotatable bonds is 0. The molecule has 2 rings (SSSR count). The van der Waals surface area contributed by atoms with Gasteiger partial charge >= 0.3 is 0 Å². The average Bonchev–Trinajstić information content (AvgIpc) is 2.36. The molecule has 10 heavy (non-hydrogen) atoms. The summed E-state index contributed by atoms with van der Waals surface area (Å²) in [5.74, 6) is 0. The first-order chi connectivity index (χ1) is 4.88. The summed E-state index contributed by atoms with van der Waals surface area (Å²) in [6.45, 7) is 0. The van der Waals surface area contributed by atoms with Gasteiger partial charge in [-0.2, -0.15) is 0 Å². The molecule has 0 N–H and O–H groups in total. The fourth-order valence-corrected chi connectivity index (χ4v) is 0.975. The van der Waals surface area contributed by atoms with Gasteiger partial charge in [-0.1, -0.05) is 17.7 Å². The van der Waals surface area contributed by atoms with E-state index in [-0.39, 0.29) is 0 Å². The summed E-state index contributed by atoms with van der Waals surface area (Å²) in [6.07, 6.45) is 0. The van der Waals surface area contributed by atoms with E-state index in [1.807, 2.05) is 0 Å². The SMILES string of the molecule is Clc1cccc2onnc12. The topological polar surface area (TPSA) is 38.9 Å². The van der Waals surface area contributed by atoms with Gasteiger partial charge in [0.05, 0.1) is 5.02 Å². The Morgan fingerprint density at radius 1 is 1.40 bits per heavy atom. The Labute approximate surface area is 61.6 Å². The smallest absolute Gasteiger partial charge is 0.189 e. The first-order valence-corrected chi connectivity index (χ1v) is 3.12. The van der Waals surface area contributed by atoms with Gasteiger partial charge in [-0.3, -0.25) is 0 Å². The van der Waals surface area contributed by atoms with Gasteiger partial charge in [0.1, 0.15) is 0 Å². The largest absolute Gasteiger partial charge is 0.337 e. The van der Waals surface area contributed by atoms with Gasteiger partial charge in [0, 0.05) is 5.27 Å². The van der Waals surface area contributed by atoms with Crippen LogP contribution >= 0.6 is 11.6 Å². The lowest BCUT2D eigenvalue weighted by molar-refractivity contribution is 0.424. The molecule has 0 saturated carbocycles. The van der Waals surface area contributed by atoms with Crippen molar-refractivity contribution in [1.29, 1.82) is 0 Å². The molecular formula is C6H3ClN2O. The van der Waals surface area contributed by atoms with Gasteiger partial charge in [0.25, 0.3) is 0 Å². The second-order valence-corrected chi connectivity index (χ2v) is 2.27. The number of halogens is 1. The third-order valence-corrected chi connectivity index (χ3v) is 1.53. The summed E-state index contributed by atoms with van der Waals surface area (Å²) in [5, 5.41) is 7.59. The van der Waals surface area contributed by atoms with Gasteiger partial charge in [-0.05, 0) is 12.1 Å². The third kappa shape index (κ3) is 0.675. The molecule has 1 heterocycles. The minimum atomic E-state index is 0.568. The van der Waals surface area contributed by atoms with E-state index < -0.39 is 0 Å². The van der Waals surface area contributed by atoms with Crippen LogP contribution in [0.4, 0.5) is 0 Å². The Kier molecular flexibility index (Phi) is 1.11. The van der Waals surface area contributed by atoms with Gasteiger partial charge in [-0.25, -0.2) is 0 Å². The molecule has 0 bridgehead atoms. The number of benzene rings is 1. The van der Waals surface area contributed by atoms with E-state index in [2.05, 4.69) is 10.4 Å². The Hall–Kier alpha value is -1.09. The molecule has 0 aliphatic rings. The fraction of sp³-hybridized carbons (Fsp3) is 0. The van der Waals surface area contributed by atoms with Crippen molar-refractivity contribution in [1.82, 2.24) is 10.4 Å². The summed E-state index contributed by atoms with van der Waals surface area (Å²) in [7, 11) is 0. The molecule has 0 radical (unpaired) electrons. The lowest BCUT2D eigenvalue weighted by atomic mass is 10.3. The van der Waals surface area contributed by atoms with E-state index in [4.69, 9.17) is 16.1 Å². The Morgan fingerprint density at radius 2 is 2.30 bits per heavy atom. The fourth-order valence-electron chi connectivity index (χ4n) is 0.771. The lowest BCUT2D eigenvalue weighted by Crippen LogP contribution is -1.68. The molecule has 1 aromatic carbocycles. The summed E-state index contributed by atoms with van der Waals surface area (Å²) in [6, 6.07) is 5.30. The first-order valence-electron chi connectivity index (χ1n) is 2.74. The van der Waals surface area contributed by atoms with Crippen LogP contribution in [0.1, 0.15) is 0 Å². The number of hydrogen-bond acceptors (Lipinski definition) is 3. The van der Waals surface area contributed by atoms with Crippen molar-refractivity contribution in [2.45, 2.75) is 0 Å². The maximum atomic E-state index is 5.74. The third-order valence-electron chi connectivity index (χ3n) is 1.23. The molecule has 0 amide bonds. The molecule has 0 spiro atoms. The van der Waals surface area contributed by atoms with Crippen LogP contribution in [0.5, 0.6) is 0 Å². The van der Waals surface area contributed by atoms with Crippen LogP contribution in [0.3, 0.4) is 0 Å². The summed E-state index contributed by atoms with van der Waals surface area (Å²) in [4.78, 5) is 0. The maximum Gasteiger partial charge on any atom is 0.189 e. The van der Waals surface area contributed by atoms with Gasteiger partial charge < -0.3 is 4.52 Å². The molecule has 50 valence electrons. The first kappa shape index (κ1) is 5.68. The van der Waals surface area contributed by atoms with Crippen LogP contribution in [0.15, 0.2) is 22.7 Å². The van der Waals surface area contributed by atoms with Crippen LogP contribution in [-0.4, -0.2) is 10.4 Å². The highest BCUT2D eigenvalue weighted by Gasteiger charge is 2.01. The van der Waals surface area contributed by atoms with Crippen molar-refractivity contribution in [2.24, 2.45) is 0 Å². The van der Waals surface area contributed by atoms with Gasteiger partial charge in [0.2, 0.25) is 0 Å². The zero-order valence-electron chi connectivity index (χ0n) is 4.91. The van der Waals surface area contributed by atoms with Gasteiger partial charge in [-0.15, -0.1) is 5.10 Å². The molecule has 0 unspecified atom stereocenters. The number of aromatic nitrogens is 2. The summed E-state index contributed by atoms with van der Waals surface area (Å²) >= 11 is 5.74. The van der Waals surface area contributed by atoms with Crippen molar-refractivity contribution >= 4 is 22.7 Å². The molecule has 2 aromatic rings. The predicted molar refractivity (Wildman–Crippen MR) is 36.8 cm³/mol. The number of fused-ring (bicyclic) bond motifs is 1. The number of nitrogens with zero attached hydrogens (tertiary/aromatic N) is 2. The molecule has 0 atom stereocenters. The van der Waals surface area contributed by atoms with E-state index in [1.165, 1.54) is 0 Å². The summed E-state index contributed by atoms with van der Waals surface area (Å²) in [5.41, 5.74) is 1.23. The highest BCUT2D eigenvalue weighted by atomic mass is 35.5. The van der Waals surface area contributed by atoms with E-state index in [1.54, 1.807) is 18.2 Å². The standard InChI is InChI=1S/C6H3ClN2O/c7-4-2-1-3-5-6(4)8-9-10-5/h1-3H. The molecule has 0 aliphatic heterocycles. The van der Waals surface area contributed by atoms with E-state index in [0.29, 0.717) is 16.1 Å². The minimum absolute atomic E-state index is 0.568. The predicted octanol–water partition coefficient (Wildman–Crippen LogP) is 1.88. The van der Waals surface area contributed by atoms with Gasteiger partial charge in [0.15, 0.2) is 11.1 Å². The highest BCUT2D eigenvalue weighted by Crippen LogP contribution is 2.19. The zero-order chi connectivity index (χ0) is 6.97. The molecule has 3 nitrogen and oxygen atoms in total. The zero-order valence-corrected chi connectivity index (χ0v) is 5.67. The molecule has 0 fully saturated rings. The van der Waals surface area contributed by atoms with E-state index in [0.717, 1.165) is 0 Å². The molecule has 1 aromatic heterocycles. The second-order valence-electron chi connectivity index (χ2n) is 1.86. The minimum Gasteiger partial charge on any atom is -0.337 e. The Balaban J connectivity index is 2.95. The molecule has 4 heteroatoms. The molecule has 0 saturated heterocycles. The second kappa shape index (κ2) is 1.95. The average molecular weight is 155 g/mol. The maximum absolute atomic E-state index is 5.74. The molecule has 0 aliphatic carbocycles. The van der Waals surface area contributed by atoms with Crippen molar-refractivity contribution < 1.29 is 4.52 Å². The lowest BCUT2D eigenvalue weighted by Gasteiger charge is -1.84. The van der Waals surface area contributed by atoms with Crippen molar-refractivity contribution in [3.63, 3.8) is 0 Å². The monoisotopic (exact) mass is 154 g/mol. The van der Waals surface area contributed by atoms with Crippen molar-refractivity contribution in [3.05, 3.63) is 23.2 Å². The van der Waals surface area contributed by atoms with E-state index >= 15 is 0 Å².